The lowest BCUT2D eigenvalue weighted by molar-refractivity contribution is -0.136. The van der Waals surface area contributed by atoms with Crippen LogP contribution in [0.15, 0.2) is 48.7 Å². The molecule has 3 rings (SSSR count). The molecule has 1 heterocycles. The van der Waals surface area contributed by atoms with Crippen LogP contribution < -0.4 is 10.1 Å². The predicted molar refractivity (Wildman–Crippen MR) is 114 cm³/mol. The number of hydrogen-bond acceptors (Lipinski definition) is 3. The average molecular weight is 411 g/mol. The third kappa shape index (κ3) is 4.79. The molecule has 2 amide bonds. The first-order valence-electron chi connectivity index (χ1n) is 9.86. The van der Waals surface area contributed by atoms with E-state index >= 15 is 0 Å². The van der Waals surface area contributed by atoms with Crippen molar-refractivity contribution in [3.05, 3.63) is 65.6 Å². The quantitative estimate of drug-likeness (QED) is 0.597. The largest absolute Gasteiger partial charge is 0.494 e. The maximum absolute atomic E-state index is 14.0. The van der Waals surface area contributed by atoms with Crippen LogP contribution >= 0.6 is 0 Å². The van der Waals surface area contributed by atoms with Crippen LogP contribution in [0.25, 0.3) is 10.9 Å². The molecule has 7 heteroatoms. The first kappa shape index (κ1) is 21.4. The maximum Gasteiger partial charge on any atom is 0.245 e. The standard InChI is InChI=1S/C23H26FN3O3/c1-4-27(14-16-9-10-22(30-3)19(24)11-16)23(29)21(26-15(2)28)12-17-13-25-20-8-6-5-7-18(17)20/h5-11,13,21,25H,4,12,14H2,1-3H3,(H,26,28). The minimum absolute atomic E-state index is 0.156. The number of H-pyrrole nitrogens is 1. The van der Waals surface area contributed by atoms with Gasteiger partial charge in [-0.3, -0.25) is 9.59 Å². The Hall–Kier alpha value is -3.35. The van der Waals surface area contributed by atoms with Crippen LogP contribution in [0.1, 0.15) is 25.0 Å². The molecule has 2 N–H and O–H groups in total. The van der Waals surface area contributed by atoms with E-state index in [9.17, 15) is 14.0 Å². The predicted octanol–water partition coefficient (Wildman–Crippen LogP) is 3.41. The van der Waals surface area contributed by atoms with Gasteiger partial charge >= 0.3 is 0 Å². The second kappa shape index (κ2) is 9.43. The number of rotatable bonds is 8. The van der Waals surface area contributed by atoms with Crippen molar-refractivity contribution in [3.8, 4) is 5.75 Å². The minimum Gasteiger partial charge on any atom is -0.494 e. The molecule has 0 spiro atoms. The number of carbonyl (C=O) groups is 2. The molecule has 158 valence electrons. The van der Waals surface area contributed by atoms with Gasteiger partial charge in [0.25, 0.3) is 0 Å². The van der Waals surface area contributed by atoms with Gasteiger partial charge < -0.3 is 19.9 Å². The van der Waals surface area contributed by atoms with Gasteiger partial charge in [0, 0.05) is 43.5 Å². The highest BCUT2D eigenvalue weighted by molar-refractivity contribution is 5.89. The van der Waals surface area contributed by atoms with Crippen LogP contribution in [-0.4, -0.2) is 41.4 Å². The van der Waals surface area contributed by atoms with E-state index in [1.807, 2.05) is 37.4 Å². The van der Waals surface area contributed by atoms with Crippen molar-refractivity contribution in [2.45, 2.75) is 32.9 Å². The van der Waals surface area contributed by atoms with Crippen LogP contribution in [0.4, 0.5) is 4.39 Å². The molecular weight excluding hydrogens is 385 g/mol. The molecule has 0 bridgehead atoms. The molecule has 6 nitrogen and oxygen atoms in total. The maximum atomic E-state index is 14.0. The molecule has 0 saturated carbocycles. The van der Waals surface area contributed by atoms with Gasteiger partial charge in [-0.1, -0.05) is 24.3 Å². The highest BCUT2D eigenvalue weighted by Crippen LogP contribution is 2.21. The Balaban J connectivity index is 1.82. The van der Waals surface area contributed by atoms with E-state index in [-0.39, 0.29) is 24.1 Å². The number of para-hydroxylation sites is 1. The molecule has 0 saturated heterocycles. The summed E-state index contributed by atoms with van der Waals surface area (Å²) in [5, 5.41) is 3.79. The summed E-state index contributed by atoms with van der Waals surface area (Å²) in [6, 6.07) is 11.7. The van der Waals surface area contributed by atoms with E-state index < -0.39 is 11.9 Å². The number of fused-ring (bicyclic) bond motifs is 1. The molecule has 0 radical (unpaired) electrons. The zero-order valence-electron chi connectivity index (χ0n) is 17.4. The van der Waals surface area contributed by atoms with Gasteiger partial charge in [-0.25, -0.2) is 4.39 Å². The Kier molecular flexibility index (Phi) is 6.72. The van der Waals surface area contributed by atoms with Crippen LogP contribution in [0, 0.1) is 5.82 Å². The highest BCUT2D eigenvalue weighted by Gasteiger charge is 2.26. The summed E-state index contributed by atoms with van der Waals surface area (Å²) in [6.45, 7) is 3.91. The fourth-order valence-electron chi connectivity index (χ4n) is 3.56. The lowest BCUT2D eigenvalue weighted by Gasteiger charge is -2.27. The molecular formula is C23H26FN3O3. The number of aromatic nitrogens is 1. The van der Waals surface area contributed by atoms with Crippen LogP contribution in [-0.2, 0) is 22.6 Å². The number of benzene rings is 2. The SMILES string of the molecule is CCN(Cc1ccc(OC)c(F)c1)C(=O)C(Cc1c[nH]c2ccccc12)NC(C)=O. The summed E-state index contributed by atoms with van der Waals surface area (Å²) in [5.41, 5.74) is 2.57. The molecule has 30 heavy (non-hydrogen) atoms. The van der Waals surface area contributed by atoms with Crippen LogP contribution in [0.5, 0.6) is 5.75 Å². The molecule has 1 atom stereocenters. The third-order valence-electron chi connectivity index (χ3n) is 5.06. The van der Waals surface area contributed by atoms with Crippen molar-refractivity contribution < 1.29 is 18.7 Å². The molecule has 1 unspecified atom stereocenters. The van der Waals surface area contributed by atoms with Gasteiger partial charge in [-0.15, -0.1) is 0 Å². The van der Waals surface area contributed by atoms with Gasteiger partial charge in [0.15, 0.2) is 11.6 Å². The number of nitrogens with zero attached hydrogens (tertiary/aromatic N) is 1. The average Bonchev–Trinajstić information content (AvgIpc) is 3.14. The number of hydrogen-bond donors (Lipinski definition) is 2. The second-order valence-corrected chi connectivity index (χ2v) is 7.14. The molecule has 3 aromatic rings. The van der Waals surface area contributed by atoms with Gasteiger partial charge in [0.1, 0.15) is 6.04 Å². The van der Waals surface area contributed by atoms with E-state index in [4.69, 9.17) is 4.74 Å². The minimum atomic E-state index is -0.718. The normalized spacial score (nSPS) is 11.9. The van der Waals surface area contributed by atoms with E-state index in [2.05, 4.69) is 10.3 Å². The molecule has 2 aromatic carbocycles. The number of aromatic amines is 1. The number of amides is 2. The zero-order chi connectivity index (χ0) is 21.7. The highest BCUT2D eigenvalue weighted by atomic mass is 19.1. The summed E-state index contributed by atoms with van der Waals surface area (Å²) in [7, 11) is 1.41. The van der Waals surface area contributed by atoms with Gasteiger partial charge in [0.05, 0.1) is 7.11 Å². The summed E-state index contributed by atoms with van der Waals surface area (Å²) in [4.78, 5) is 29.9. The number of nitrogens with one attached hydrogen (secondary N) is 2. The van der Waals surface area contributed by atoms with E-state index in [1.165, 1.54) is 20.1 Å². The molecule has 0 fully saturated rings. The summed E-state index contributed by atoms with van der Waals surface area (Å²) < 4.78 is 19.0. The molecule has 0 aliphatic heterocycles. The number of halogens is 1. The summed E-state index contributed by atoms with van der Waals surface area (Å²) in [5.74, 6) is -0.812. The number of methoxy groups -OCH3 is 1. The van der Waals surface area contributed by atoms with Crippen molar-refractivity contribution >= 4 is 22.7 Å². The Morgan fingerprint density at radius 3 is 2.67 bits per heavy atom. The summed E-state index contributed by atoms with van der Waals surface area (Å²) >= 11 is 0. The fraction of sp³-hybridized carbons (Fsp3) is 0.304. The lowest BCUT2D eigenvalue weighted by atomic mass is 10.0. The lowest BCUT2D eigenvalue weighted by Crippen LogP contribution is -2.48. The van der Waals surface area contributed by atoms with Gasteiger partial charge in [-0.05, 0) is 36.2 Å². The van der Waals surface area contributed by atoms with Crippen LogP contribution in [0.2, 0.25) is 0 Å². The topological polar surface area (TPSA) is 74.4 Å². The number of likely N-dealkylation sites (N-methyl/N-ethyl adjacent to an activating group) is 1. The van der Waals surface area contributed by atoms with Crippen LogP contribution in [0.3, 0.4) is 0 Å². The smallest absolute Gasteiger partial charge is 0.245 e. The van der Waals surface area contributed by atoms with Gasteiger partial charge in [0.2, 0.25) is 11.8 Å². The van der Waals surface area contributed by atoms with E-state index in [1.54, 1.807) is 17.0 Å². The number of carbonyl (C=O) groups excluding carboxylic acids is 2. The van der Waals surface area contributed by atoms with E-state index in [0.717, 1.165) is 16.5 Å². The molecule has 0 aliphatic rings. The Labute approximate surface area is 175 Å². The van der Waals surface area contributed by atoms with Crippen molar-refractivity contribution in [3.63, 3.8) is 0 Å². The monoisotopic (exact) mass is 411 g/mol. The number of ether oxygens (including phenoxy) is 1. The van der Waals surface area contributed by atoms with E-state index in [0.29, 0.717) is 18.5 Å². The van der Waals surface area contributed by atoms with Crippen molar-refractivity contribution in [2.75, 3.05) is 13.7 Å². The van der Waals surface area contributed by atoms with Gasteiger partial charge in [-0.2, -0.15) is 0 Å². The molecule has 0 aliphatic carbocycles. The van der Waals surface area contributed by atoms with Crippen molar-refractivity contribution in [1.29, 1.82) is 0 Å². The first-order valence-corrected chi connectivity index (χ1v) is 9.86. The second-order valence-electron chi connectivity index (χ2n) is 7.14. The Bertz CT molecular complexity index is 1050. The third-order valence-corrected chi connectivity index (χ3v) is 5.06. The zero-order valence-corrected chi connectivity index (χ0v) is 17.4. The van der Waals surface area contributed by atoms with Crippen molar-refractivity contribution in [2.24, 2.45) is 0 Å². The first-order chi connectivity index (χ1) is 14.4. The Morgan fingerprint density at radius 2 is 2.00 bits per heavy atom. The summed E-state index contributed by atoms with van der Waals surface area (Å²) in [6.07, 6.45) is 2.22. The Morgan fingerprint density at radius 1 is 1.23 bits per heavy atom. The molecule has 1 aromatic heterocycles. The fourth-order valence-corrected chi connectivity index (χ4v) is 3.56. The van der Waals surface area contributed by atoms with Crippen molar-refractivity contribution in [1.82, 2.24) is 15.2 Å².